The van der Waals surface area contributed by atoms with E-state index < -0.39 is 0 Å². The van der Waals surface area contributed by atoms with Crippen molar-refractivity contribution >= 4 is 11.8 Å². The van der Waals surface area contributed by atoms with E-state index in [1.165, 1.54) is 24.3 Å². The van der Waals surface area contributed by atoms with E-state index in [0.717, 1.165) is 25.8 Å². The van der Waals surface area contributed by atoms with Crippen molar-refractivity contribution in [2.24, 2.45) is 5.92 Å². The van der Waals surface area contributed by atoms with E-state index in [9.17, 15) is 14.0 Å². The number of piperidine rings is 2. The molecule has 0 aromatic heterocycles. The first-order valence-corrected chi connectivity index (χ1v) is 8.44. The van der Waals surface area contributed by atoms with Gasteiger partial charge in [0.1, 0.15) is 5.82 Å². The first-order valence-electron chi connectivity index (χ1n) is 8.44. The van der Waals surface area contributed by atoms with Crippen LogP contribution in [0.15, 0.2) is 24.3 Å². The minimum Gasteiger partial charge on any atom is -0.339 e. The van der Waals surface area contributed by atoms with Crippen LogP contribution in [0.25, 0.3) is 0 Å². The van der Waals surface area contributed by atoms with E-state index in [2.05, 4.69) is 0 Å². The molecule has 2 atom stereocenters. The number of amides is 2. The summed E-state index contributed by atoms with van der Waals surface area (Å²) in [4.78, 5) is 28.6. The smallest absolute Gasteiger partial charge is 0.253 e. The number of carbonyl (C=O) groups is 2. The molecule has 4 nitrogen and oxygen atoms in total. The Balaban J connectivity index is 1.69. The van der Waals surface area contributed by atoms with E-state index in [1.54, 1.807) is 0 Å². The van der Waals surface area contributed by atoms with Crippen LogP contribution in [-0.4, -0.2) is 47.3 Å². The normalized spacial score (nSPS) is 24.3. The number of halogens is 1. The highest BCUT2D eigenvalue weighted by Gasteiger charge is 2.38. The first-order chi connectivity index (χ1) is 11.1. The molecule has 3 rings (SSSR count). The summed E-state index contributed by atoms with van der Waals surface area (Å²) in [5.41, 5.74) is 0.530. The molecule has 124 valence electrons. The lowest BCUT2D eigenvalue weighted by Gasteiger charge is -2.47. The highest BCUT2D eigenvalue weighted by molar-refractivity contribution is 5.94. The average Bonchev–Trinajstić information content (AvgIpc) is 2.60. The molecule has 0 radical (unpaired) electrons. The number of likely N-dealkylation sites (tertiary alicyclic amines) is 2. The molecule has 2 fully saturated rings. The largest absolute Gasteiger partial charge is 0.339 e. The highest BCUT2D eigenvalue weighted by atomic mass is 19.1. The Morgan fingerprint density at radius 2 is 1.91 bits per heavy atom. The molecule has 0 saturated carbocycles. The Labute approximate surface area is 136 Å². The molecule has 0 bridgehead atoms. The van der Waals surface area contributed by atoms with Crippen molar-refractivity contribution in [1.82, 2.24) is 9.80 Å². The first kappa shape index (κ1) is 16.0. The molecule has 2 aliphatic rings. The molecular weight excluding hydrogens is 295 g/mol. The number of rotatable bonds is 2. The number of hydrogen-bond donors (Lipinski definition) is 0. The zero-order valence-corrected chi connectivity index (χ0v) is 13.5. The summed E-state index contributed by atoms with van der Waals surface area (Å²) in [7, 11) is 0. The third-order valence-electron chi connectivity index (χ3n) is 5.07. The summed E-state index contributed by atoms with van der Waals surface area (Å²) in [5.74, 6) is 0.207. The van der Waals surface area contributed by atoms with Crippen LogP contribution in [0.5, 0.6) is 0 Å². The monoisotopic (exact) mass is 318 g/mol. The Hall–Kier alpha value is -1.91. The molecule has 0 N–H and O–H groups in total. The number of hydrogen-bond acceptors (Lipinski definition) is 2. The molecule has 2 heterocycles. The molecule has 1 aromatic rings. The van der Waals surface area contributed by atoms with Gasteiger partial charge in [-0.05, 0) is 49.4 Å². The lowest BCUT2D eigenvalue weighted by molar-refractivity contribution is -0.137. The average molecular weight is 318 g/mol. The molecule has 2 amide bonds. The van der Waals surface area contributed by atoms with Crippen molar-refractivity contribution in [2.75, 3.05) is 19.6 Å². The van der Waals surface area contributed by atoms with Crippen LogP contribution in [0, 0.1) is 11.7 Å². The Bertz CT molecular complexity index is 587. The fraction of sp³-hybridized carbons (Fsp3) is 0.556. The quantitative estimate of drug-likeness (QED) is 0.841. The van der Waals surface area contributed by atoms with Gasteiger partial charge in [-0.1, -0.05) is 6.92 Å². The van der Waals surface area contributed by atoms with E-state index in [-0.39, 0.29) is 23.7 Å². The van der Waals surface area contributed by atoms with Crippen LogP contribution in [0.2, 0.25) is 0 Å². The topological polar surface area (TPSA) is 40.6 Å². The molecule has 23 heavy (non-hydrogen) atoms. The second-order valence-electron chi connectivity index (χ2n) is 6.46. The fourth-order valence-corrected chi connectivity index (χ4v) is 3.88. The van der Waals surface area contributed by atoms with Crippen LogP contribution in [0.3, 0.4) is 0 Å². The lowest BCUT2D eigenvalue weighted by Crippen LogP contribution is -2.56. The van der Waals surface area contributed by atoms with Gasteiger partial charge in [0.25, 0.3) is 5.91 Å². The zero-order chi connectivity index (χ0) is 16.4. The summed E-state index contributed by atoms with van der Waals surface area (Å²) in [6.07, 6.45) is 3.45. The maximum absolute atomic E-state index is 13.0. The van der Waals surface area contributed by atoms with E-state index in [4.69, 9.17) is 0 Å². The minimum absolute atomic E-state index is 0.0395. The summed E-state index contributed by atoms with van der Waals surface area (Å²) >= 11 is 0. The van der Waals surface area contributed by atoms with Gasteiger partial charge in [0.2, 0.25) is 5.91 Å². The fourth-order valence-electron chi connectivity index (χ4n) is 3.88. The number of benzene rings is 1. The second kappa shape index (κ2) is 6.69. The van der Waals surface area contributed by atoms with Gasteiger partial charge < -0.3 is 9.80 Å². The highest BCUT2D eigenvalue weighted by Crippen LogP contribution is 2.31. The third-order valence-corrected chi connectivity index (χ3v) is 5.07. The molecule has 0 aliphatic carbocycles. The van der Waals surface area contributed by atoms with Crippen LogP contribution >= 0.6 is 0 Å². The maximum atomic E-state index is 13.0. The van der Waals surface area contributed by atoms with Crippen LogP contribution < -0.4 is 0 Å². The van der Waals surface area contributed by atoms with Crippen molar-refractivity contribution in [3.8, 4) is 0 Å². The molecule has 5 heteroatoms. The summed E-state index contributed by atoms with van der Waals surface area (Å²) in [6.45, 7) is 4.10. The molecule has 2 aliphatic heterocycles. The Morgan fingerprint density at radius 3 is 2.61 bits per heavy atom. The molecule has 0 unspecified atom stereocenters. The summed E-state index contributed by atoms with van der Waals surface area (Å²) in [5, 5.41) is 0. The van der Waals surface area contributed by atoms with E-state index in [0.29, 0.717) is 31.0 Å². The van der Waals surface area contributed by atoms with Gasteiger partial charge in [-0.25, -0.2) is 4.39 Å². The molecule has 2 saturated heterocycles. The van der Waals surface area contributed by atoms with Gasteiger partial charge in [-0.2, -0.15) is 0 Å². The van der Waals surface area contributed by atoms with Crippen LogP contribution in [-0.2, 0) is 4.79 Å². The second-order valence-corrected chi connectivity index (χ2v) is 6.46. The predicted molar refractivity (Wildman–Crippen MR) is 85.4 cm³/mol. The maximum Gasteiger partial charge on any atom is 0.253 e. The van der Waals surface area contributed by atoms with Crippen LogP contribution in [0.1, 0.15) is 43.0 Å². The lowest BCUT2D eigenvalue weighted by atomic mass is 9.83. The molecule has 0 spiro atoms. The van der Waals surface area contributed by atoms with Crippen molar-refractivity contribution < 1.29 is 14.0 Å². The van der Waals surface area contributed by atoms with Crippen molar-refractivity contribution in [2.45, 2.75) is 38.6 Å². The molecule has 1 aromatic carbocycles. The predicted octanol–water partition coefficient (Wildman–Crippen LogP) is 2.69. The van der Waals surface area contributed by atoms with Crippen molar-refractivity contribution in [3.05, 3.63) is 35.6 Å². The van der Waals surface area contributed by atoms with Gasteiger partial charge in [-0.3, -0.25) is 9.59 Å². The van der Waals surface area contributed by atoms with E-state index >= 15 is 0 Å². The Kier molecular flexibility index (Phi) is 4.64. The van der Waals surface area contributed by atoms with Gasteiger partial charge in [0.05, 0.1) is 0 Å². The SMILES string of the molecule is CCC(=O)N1CCC[C@@H]2CN(C(=O)c3ccc(F)cc3)CC[C@@H]21. The Morgan fingerprint density at radius 1 is 1.17 bits per heavy atom. The van der Waals surface area contributed by atoms with Gasteiger partial charge in [-0.15, -0.1) is 0 Å². The minimum atomic E-state index is -0.332. The number of fused-ring (bicyclic) bond motifs is 1. The van der Waals surface area contributed by atoms with E-state index in [1.807, 2.05) is 16.7 Å². The standard InChI is InChI=1S/C18H23FN2O2/c1-2-17(22)21-10-3-4-14-12-20(11-9-16(14)21)18(23)13-5-7-15(19)8-6-13/h5-8,14,16H,2-4,9-12H2,1H3/t14-,16+/m1/s1. The van der Waals surface area contributed by atoms with Crippen molar-refractivity contribution in [1.29, 1.82) is 0 Å². The number of carbonyl (C=O) groups excluding carboxylic acids is 2. The zero-order valence-electron chi connectivity index (χ0n) is 13.5. The van der Waals surface area contributed by atoms with Gasteiger partial charge >= 0.3 is 0 Å². The number of nitrogens with zero attached hydrogens (tertiary/aromatic N) is 2. The summed E-state index contributed by atoms with van der Waals surface area (Å²) < 4.78 is 13.0. The molecular formula is C18H23FN2O2. The van der Waals surface area contributed by atoms with Crippen molar-refractivity contribution in [3.63, 3.8) is 0 Å². The summed E-state index contributed by atoms with van der Waals surface area (Å²) in [6, 6.07) is 5.99. The third kappa shape index (κ3) is 3.23. The van der Waals surface area contributed by atoms with Gasteiger partial charge in [0, 0.05) is 37.7 Å². The van der Waals surface area contributed by atoms with Gasteiger partial charge in [0.15, 0.2) is 0 Å². The van der Waals surface area contributed by atoms with Crippen LogP contribution in [0.4, 0.5) is 4.39 Å².